The molecule has 0 aromatic heterocycles. The second-order valence-corrected chi connectivity index (χ2v) is 17.5. The zero-order valence-corrected chi connectivity index (χ0v) is 28.6. The highest BCUT2D eigenvalue weighted by atomic mass is 16.5. The molecule has 7 heteroatoms. The molecule has 0 amide bonds. The number of rotatable bonds is 5. The molecule has 4 fully saturated rings. The summed E-state index contributed by atoms with van der Waals surface area (Å²) < 4.78 is 6.22. The van der Waals surface area contributed by atoms with E-state index in [4.69, 9.17) is 4.74 Å². The number of fused-ring (bicyclic) bond motifs is 7. The van der Waals surface area contributed by atoms with Crippen molar-refractivity contribution in [2.24, 2.45) is 50.2 Å². The highest BCUT2D eigenvalue weighted by Gasteiger charge is 2.70. The number of esters is 1. The smallest absolute Gasteiger partial charge is 0.330 e. The standard InChI is InChI=1S/C39H54O7/c1-34(2)17-18-38(33(44)45)19-20-39(23-46-32(43)12-8-24-7-10-27(40)28(41)21-24)25(26(38)22-34)9-11-30-36(5)15-14-31(42)35(3,4)29(36)13-16-37(30,39)6/h7-10,12,21,26,29-31,40-42H,11,13-20,22-23H2,1-6H3,(H,44,45)/t26-,29-,30+,31?,36-,37+,38-,39-/m0/s1. The molecule has 0 spiro atoms. The summed E-state index contributed by atoms with van der Waals surface area (Å²) in [6, 6.07) is 4.39. The first kappa shape index (κ1) is 33.1. The minimum Gasteiger partial charge on any atom is -0.504 e. The summed E-state index contributed by atoms with van der Waals surface area (Å²) in [5.41, 5.74) is 0.125. The number of phenols is 2. The van der Waals surface area contributed by atoms with E-state index in [9.17, 15) is 30.0 Å². The third-order valence-electron chi connectivity index (χ3n) is 14.6. The van der Waals surface area contributed by atoms with E-state index < -0.39 is 22.8 Å². The van der Waals surface area contributed by atoms with E-state index in [0.717, 1.165) is 44.9 Å². The fraction of sp³-hybridized carbons (Fsp3) is 0.692. The van der Waals surface area contributed by atoms with Crippen LogP contribution in [0.1, 0.15) is 111 Å². The third kappa shape index (κ3) is 4.77. The molecule has 0 bridgehead atoms. The Morgan fingerprint density at radius 3 is 2.33 bits per heavy atom. The van der Waals surface area contributed by atoms with Gasteiger partial charge in [0.25, 0.3) is 0 Å². The first-order valence-corrected chi connectivity index (χ1v) is 17.4. The van der Waals surface area contributed by atoms with Crippen LogP contribution in [0.2, 0.25) is 0 Å². The minimum absolute atomic E-state index is 0.00269. The van der Waals surface area contributed by atoms with Gasteiger partial charge in [-0.1, -0.05) is 59.3 Å². The summed E-state index contributed by atoms with van der Waals surface area (Å²) in [6.07, 6.45) is 13.2. The molecule has 6 rings (SSSR count). The molecule has 5 aliphatic carbocycles. The van der Waals surface area contributed by atoms with Gasteiger partial charge in [0, 0.05) is 11.5 Å². The van der Waals surface area contributed by atoms with Crippen LogP contribution in [-0.2, 0) is 14.3 Å². The lowest BCUT2D eigenvalue weighted by molar-refractivity contribution is -0.217. The molecule has 46 heavy (non-hydrogen) atoms. The highest BCUT2D eigenvalue weighted by Crippen LogP contribution is 2.76. The number of carbonyl (C=O) groups is 2. The molecule has 1 unspecified atom stereocenters. The summed E-state index contributed by atoms with van der Waals surface area (Å²) in [5.74, 6) is -1.07. The van der Waals surface area contributed by atoms with Crippen LogP contribution in [0, 0.1) is 50.2 Å². The van der Waals surface area contributed by atoms with Gasteiger partial charge >= 0.3 is 11.9 Å². The van der Waals surface area contributed by atoms with Crippen LogP contribution in [0.3, 0.4) is 0 Å². The fourth-order valence-electron chi connectivity index (χ4n) is 11.8. The number of carboxylic acids is 1. The number of aliphatic hydroxyl groups excluding tert-OH is 1. The van der Waals surface area contributed by atoms with Gasteiger partial charge in [0.15, 0.2) is 11.5 Å². The Balaban J connectivity index is 1.40. The number of carbonyl (C=O) groups excluding carboxylic acids is 1. The van der Waals surface area contributed by atoms with Crippen molar-refractivity contribution in [3.63, 3.8) is 0 Å². The van der Waals surface area contributed by atoms with Gasteiger partial charge in [-0.2, -0.15) is 0 Å². The van der Waals surface area contributed by atoms with E-state index in [1.165, 1.54) is 23.8 Å². The maximum absolute atomic E-state index is 13.4. The second kappa shape index (κ2) is 10.9. The maximum atomic E-state index is 13.4. The minimum atomic E-state index is -0.795. The molecule has 1 aromatic rings. The fourth-order valence-corrected chi connectivity index (χ4v) is 11.8. The van der Waals surface area contributed by atoms with Gasteiger partial charge < -0.3 is 25.2 Å². The quantitative estimate of drug-likeness (QED) is 0.112. The topological polar surface area (TPSA) is 124 Å². The first-order valence-electron chi connectivity index (χ1n) is 17.4. The molecule has 4 N–H and O–H groups in total. The van der Waals surface area contributed by atoms with Gasteiger partial charge in [-0.05, 0) is 127 Å². The first-order chi connectivity index (χ1) is 21.4. The van der Waals surface area contributed by atoms with Crippen molar-refractivity contribution < 1.29 is 34.8 Å². The van der Waals surface area contributed by atoms with Crippen molar-refractivity contribution in [2.75, 3.05) is 6.61 Å². The second-order valence-electron chi connectivity index (χ2n) is 17.5. The largest absolute Gasteiger partial charge is 0.504 e. The van der Waals surface area contributed by atoms with E-state index >= 15 is 0 Å². The van der Waals surface area contributed by atoms with Crippen LogP contribution in [0.4, 0.5) is 0 Å². The zero-order chi connectivity index (χ0) is 33.5. The normalized spacial score (nSPS) is 40.9. The Hall–Kier alpha value is -2.80. The van der Waals surface area contributed by atoms with Crippen molar-refractivity contribution in [1.82, 2.24) is 0 Å². The Morgan fingerprint density at radius 2 is 1.63 bits per heavy atom. The number of aromatic hydroxyl groups is 2. The van der Waals surface area contributed by atoms with Gasteiger partial charge in [-0.15, -0.1) is 0 Å². The molecule has 0 aliphatic heterocycles. The molecular formula is C39H54O7. The van der Waals surface area contributed by atoms with Crippen molar-refractivity contribution in [2.45, 2.75) is 112 Å². The van der Waals surface area contributed by atoms with Crippen molar-refractivity contribution >= 4 is 18.0 Å². The van der Waals surface area contributed by atoms with Crippen molar-refractivity contribution in [3.8, 4) is 11.5 Å². The van der Waals surface area contributed by atoms with E-state index in [2.05, 4.69) is 47.6 Å². The molecular weight excluding hydrogens is 580 g/mol. The molecule has 8 atom stereocenters. The molecule has 1 aromatic carbocycles. The predicted octanol–water partition coefficient (Wildman–Crippen LogP) is 7.88. The number of benzene rings is 1. The van der Waals surface area contributed by atoms with E-state index in [1.54, 1.807) is 12.1 Å². The lowest BCUT2D eigenvalue weighted by Crippen LogP contribution is -2.66. The van der Waals surface area contributed by atoms with E-state index in [0.29, 0.717) is 36.7 Å². The third-order valence-corrected chi connectivity index (χ3v) is 14.6. The Labute approximate surface area is 274 Å². The van der Waals surface area contributed by atoms with Crippen LogP contribution in [0.5, 0.6) is 11.5 Å². The van der Waals surface area contributed by atoms with Crippen LogP contribution in [-0.4, -0.2) is 45.1 Å². The lowest BCUT2D eigenvalue weighted by Gasteiger charge is -2.71. The monoisotopic (exact) mass is 634 g/mol. The number of ether oxygens (including phenoxy) is 1. The summed E-state index contributed by atoms with van der Waals surface area (Å²) in [7, 11) is 0. The summed E-state index contributed by atoms with van der Waals surface area (Å²) >= 11 is 0. The molecule has 252 valence electrons. The Bertz CT molecular complexity index is 1470. The summed E-state index contributed by atoms with van der Waals surface area (Å²) in [6.45, 7) is 14.0. The van der Waals surface area contributed by atoms with Gasteiger partial charge in [0.1, 0.15) is 6.61 Å². The van der Waals surface area contributed by atoms with Crippen molar-refractivity contribution in [1.29, 1.82) is 0 Å². The van der Waals surface area contributed by atoms with Crippen LogP contribution in [0.25, 0.3) is 6.08 Å². The molecule has 5 aliphatic rings. The highest BCUT2D eigenvalue weighted by molar-refractivity contribution is 5.87. The number of hydrogen-bond acceptors (Lipinski definition) is 6. The predicted molar refractivity (Wildman–Crippen MR) is 177 cm³/mol. The maximum Gasteiger partial charge on any atom is 0.330 e. The molecule has 0 heterocycles. The number of hydrogen-bond donors (Lipinski definition) is 4. The number of carboxylic acid groups (broad SMARTS) is 1. The number of allylic oxidation sites excluding steroid dienone is 1. The van der Waals surface area contributed by atoms with Crippen LogP contribution >= 0.6 is 0 Å². The lowest BCUT2D eigenvalue weighted by atomic mass is 9.33. The Morgan fingerprint density at radius 1 is 0.913 bits per heavy atom. The van der Waals surface area contributed by atoms with Crippen LogP contribution in [0.15, 0.2) is 35.9 Å². The van der Waals surface area contributed by atoms with Crippen LogP contribution < -0.4 is 0 Å². The molecule has 0 saturated heterocycles. The average molecular weight is 635 g/mol. The van der Waals surface area contributed by atoms with Gasteiger partial charge in [0.05, 0.1) is 11.5 Å². The SMILES string of the molecule is CC1(C)CC[C@]2(C(=O)O)CC[C@]3(COC(=O)C=Cc4ccc(O)c(O)c4)C(=CC[C@@H]4[C@@]5(C)CCC(O)C(C)(C)[C@@H]5CC[C@]43C)[C@@H]2C1. The van der Waals surface area contributed by atoms with Crippen molar-refractivity contribution in [3.05, 3.63) is 41.5 Å². The number of aliphatic hydroxyl groups is 1. The van der Waals surface area contributed by atoms with Gasteiger partial charge in [-0.25, -0.2) is 4.79 Å². The Kier molecular flexibility index (Phi) is 7.82. The van der Waals surface area contributed by atoms with Gasteiger partial charge in [0.2, 0.25) is 0 Å². The number of phenolic OH excluding ortho intramolecular Hbond substituents is 2. The molecule has 4 saturated carbocycles. The van der Waals surface area contributed by atoms with Gasteiger partial charge in [-0.3, -0.25) is 4.79 Å². The molecule has 0 radical (unpaired) electrons. The van der Waals surface area contributed by atoms with E-state index in [1.807, 2.05) is 0 Å². The summed E-state index contributed by atoms with van der Waals surface area (Å²) in [5, 5.41) is 41.4. The average Bonchev–Trinajstić information content (AvgIpc) is 2.98. The zero-order valence-electron chi connectivity index (χ0n) is 28.6. The summed E-state index contributed by atoms with van der Waals surface area (Å²) in [4.78, 5) is 26.5. The van der Waals surface area contributed by atoms with E-state index in [-0.39, 0.29) is 51.8 Å². The molecule has 7 nitrogen and oxygen atoms in total. The number of aliphatic carboxylic acids is 1.